The number of amides is 1. The van der Waals surface area contributed by atoms with Crippen LogP contribution >= 0.6 is 0 Å². The average molecular weight is 376 g/mol. The molecule has 6 heteroatoms. The van der Waals surface area contributed by atoms with Gasteiger partial charge in [0.25, 0.3) is 11.5 Å². The van der Waals surface area contributed by atoms with Crippen molar-refractivity contribution in [3.63, 3.8) is 0 Å². The van der Waals surface area contributed by atoms with E-state index in [1.807, 2.05) is 19.1 Å². The molecular formula is C22H24N4O2. The first-order valence-corrected chi connectivity index (χ1v) is 9.25. The van der Waals surface area contributed by atoms with E-state index in [2.05, 4.69) is 48.5 Å². The Hall–Kier alpha value is -3.28. The molecule has 0 saturated carbocycles. The summed E-state index contributed by atoms with van der Waals surface area (Å²) in [4.78, 5) is 25.0. The summed E-state index contributed by atoms with van der Waals surface area (Å²) < 4.78 is 1.28. The van der Waals surface area contributed by atoms with Gasteiger partial charge in [-0.3, -0.25) is 9.59 Å². The van der Waals surface area contributed by atoms with Crippen LogP contribution in [0.25, 0.3) is 10.8 Å². The minimum Gasteiger partial charge on any atom is -0.267 e. The van der Waals surface area contributed by atoms with Crippen LogP contribution in [-0.2, 0) is 12.0 Å². The molecule has 0 fully saturated rings. The minimum atomic E-state index is -0.457. The number of carbonyl (C=O) groups is 1. The topological polar surface area (TPSA) is 76.3 Å². The summed E-state index contributed by atoms with van der Waals surface area (Å²) in [6, 6.07) is 15.0. The minimum absolute atomic E-state index is 0.0823. The first-order valence-electron chi connectivity index (χ1n) is 9.25. The largest absolute Gasteiger partial charge is 0.292 e. The van der Waals surface area contributed by atoms with Crippen LogP contribution in [-0.4, -0.2) is 21.9 Å². The van der Waals surface area contributed by atoms with Crippen LogP contribution in [0.3, 0.4) is 0 Å². The highest BCUT2D eigenvalue weighted by atomic mass is 16.2. The Balaban J connectivity index is 1.83. The molecule has 0 unspecified atom stereocenters. The normalized spacial score (nSPS) is 11.9. The van der Waals surface area contributed by atoms with Gasteiger partial charge >= 0.3 is 0 Å². The highest BCUT2D eigenvalue weighted by Crippen LogP contribution is 2.21. The van der Waals surface area contributed by atoms with Crippen molar-refractivity contribution in [2.45, 2.75) is 39.7 Å². The monoisotopic (exact) mass is 376 g/mol. The number of carbonyl (C=O) groups excluding carboxylic acids is 1. The molecule has 3 rings (SSSR count). The number of aromatic nitrogens is 2. The Morgan fingerprint density at radius 1 is 1.11 bits per heavy atom. The van der Waals surface area contributed by atoms with Gasteiger partial charge in [-0.15, -0.1) is 0 Å². The number of hydrogen-bond donors (Lipinski definition) is 1. The van der Waals surface area contributed by atoms with Gasteiger partial charge in [-0.1, -0.05) is 63.2 Å². The van der Waals surface area contributed by atoms with Gasteiger partial charge in [0.1, 0.15) is 0 Å². The van der Waals surface area contributed by atoms with Gasteiger partial charge in [0.2, 0.25) is 0 Å². The van der Waals surface area contributed by atoms with E-state index in [-0.39, 0.29) is 16.7 Å². The molecule has 0 saturated heterocycles. The Bertz CT molecular complexity index is 1090. The standard InChI is InChI=1S/C22H24N4O2/c1-5-26-21(28)18-9-7-6-8-17(18)19(25-26)20(27)24-23-14-15-10-12-16(13-11-15)22(2,3)4/h6-14H,5H2,1-4H3,(H,24,27)/b23-14-. The predicted molar refractivity (Wildman–Crippen MR) is 112 cm³/mol. The van der Waals surface area contributed by atoms with Crippen molar-refractivity contribution in [2.75, 3.05) is 0 Å². The third kappa shape index (κ3) is 4.01. The highest BCUT2D eigenvalue weighted by Gasteiger charge is 2.16. The molecule has 6 nitrogen and oxygen atoms in total. The molecule has 1 heterocycles. The molecule has 0 spiro atoms. The van der Waals surface area contributed by atoms with Gasteiger partial charge in [-0.2, -0.15) is 10.2 Å². The van der Waals surface area contributed by atoms with Crippen LogP contribution in [0.1, 0.15) is 49.3 Å². The van der Waals surface area contributed by atoms with Crippen molar-refractivity contribution in [1.82, 2.24) is 15.2 Å². The number of hydrogen-bond acceptors (Lipinski definition) is 4. The second-order valence-electron chi connectivity index (χ2n) is 7.59. The number of aryl methyl sites for hydroxylation is 1. The molecule has 28 heavy (non-hydrogen) atoms. The van der Waals surface area contributed by atoms with Gasteiger partial charge in [-0.25, -0.2) is 10.1 Å². The Labute approximate surface area is 163 Å². The van der Waals surface area contributed by atoms with Crippen molar-refractivity contribution in [2.24, 2.45) is 5.10 Å². The molecule has 0 aliphatic rings. The Morgan fingerprint density at radius 3 is 2.36 bits per heavy atom. The van der Waals surface area contributed by atoms with Crippen molar-refractivity contribution < 1.29 is 4.79 Å². The quantitative estimate of drug-likeness (QED) is 0.559. The van der Waals surface area contributed by atoms with E-state index in [0.29, 0.717) is 17.3 Å². The van der Waals surface area contributed by atoms with E-state index in [1.54, 1.807) is 30.5 Å². The first kappa shape index (κ1) is 19.5. The molecular weight excluding hydrogens is 352 g/mol. The highest BCUT2D eigenvalue weighted by molar-refractivity contribution is 6.04. The molecule has 144 valence electrons. The number of nitrogens with zero attached hydrogens (tertiary/aromatic N) is 3. The number of hydrazone groups is 1. The Kier molecular flexibility index (Phi) is 5.40. The summed E-state index contributed by atoms with van der Waals surface area (Å²) in [6.07, 6.45) is 1.59. The second-order valence-corrected chi connectivity index (χ2v) is 7.59. The van der Waals surface area contributed by atoms with Crippen LogP contribution in [0.2, 0.25) is 0 Å². The summed E-state index contributed by atoms with van der Waals surface area (Å²) in [7, 11) is 0. The molecule has 0 radical (unpaired) electrons. The van der Waals surface area contributed by atoms with E-state index in [0.717, 1.165) is 5.56 Å². The first-order chi connectivity index (χ1) is 13.3. The lowest BCUT2D eigenvalue weighted by atomic mass is 9.87. The zero-order chi connectivity index (χ0) is 20.3. The summed E-state index contributed by atoms with van der Waals surface area (Å²) >= 11 is 0. The number of benzene rings is 2. The molecule has 0 bridgehead atoms. The van der Waals surface area contributed by atoms with E-state index in [9.17, 15) is 9.59 Å². The fourth-order valence-corrected chi connectivity index (χ4v) is 2.90. The lowest BCUT2D eigenvalue weighted by Crippen LogP contribution is -2.28. The summed E-state index contributed by atoms with van der Waals surface area (Å²) in [5.74, 6) is -0.457. The summed E-state index contributed by atoms with van der Waals surface area (Å²) in [5.41, 5.74) is 4.66. The van der Waals surface area contributed by atoms with Crippen molar-refractivity contribution in [1.29, 1.82) is 0 Å². The molecule has 2 aromatic carbocycles. The second kappa shape index (κ2) is 7.76. The molecule has 1 aromatic heterocycles. The lowest BCUT2D eigenvalue weighted by molar-refractivity contribution is 0.0949. The average Bonchev–Trinajstić information content (AvgIpc) is 2.68. The maximum Gasteiger partial charge on any atom is 0.292 e. The number of fused-ring (bicyclic) bond motifs is 1. The molecule has 3 aromatic rings. The maximum atomic E-state index is 12.6. The Morgan fingerprint density at radius 2 is 1.75 bits per heavy atom. The lowest BCUT2D eigenvalue weighted by Gasteiger charge is -2.18. The van der Waals surface area contributed by atoms with E-state index in [1.165, 1.54) is 10.2 Å². The molecule has 0 aliphatic carbocycles. The van der Waals surface area contributed by atoms with Gasteiger partial charge in [0.05, 0.1) is 11.6 Å². The zero-order valence-electron chi connectivity index (χ0n) is 16.6. The summed E-state index contributed by atoms with van der Waals surface area (Å²) in [6.45, 7) is 8.66. The van der Waals surface area contributed by atoms with Crippen LogP contribution in [0, 0.1) is 0 Å². The third-order valence-corrected chi connectivity index (χ3v) is 4.54. The fraction of sp³-hybridized carbons (Fsp3) is 0.273. The van der Waals surface area contributed by atoms with Crippen molar-refractivity contribution in [3.05, 3.63) is 75.7 Å². The van der Waals surface area contributed by atoms with Crippen LogP contribution in [0.15, 0.2) is 58.4 Å². The smallest absolute Gasteiger partial charge is 0.267 e. The van der Waals surface area contributed by atoms with Gasteiger partial charge in [0.15, 0.2) is 5.69 Å². The van der Waals surface area contributed by atoms with Crippen molar-refractivity contribution >= 4 is 22.9 Å². The number of nitrogens with one attached hydrogen (secondary N) is 1. The predicted octanol–water partition coefficient (Wildman–Crippen LogP) is 3.48. The number of rotatable bonds is 4. The van der Waals surface area contributed by atoms with Crippen LogP contribution in [0.4, 0.5) is 0 Å². The third-order valence-electron chi connectivity index (χ3n) is 4.54. The zero-order valence-corrected chi connectivity index (χ0v) is 16.6. The van der Waals surface area contributed by atoms with E-state index in [4.69, 9.17) is 0 Å². The molecule has 1 N–H and O–H groups in total. The van der Waals surface area contributed by atoms with E-state index >= 15 is 0 Å². The van der Waals surface area contributed by atoms with Gasteiger partial charge in [0, 0.05) is 11.9 Å². The van der Waals surface area contributed by atoms with Gasteiger partial charge in [-0.05, 0) is 29.5 Å². The molecule has 0 atom stereocenters. The molecule has 0 aliphatic heterocycles. The van der Waals surface area contributed by atoms with Crippen LogP contribution in [0.5, 0.6) is 0 Å². The fourth-order valence-electron chi connectivity index (χ4n) is 2.90. The SMILES string of the molecule is CCn1nc(C(=O)N/N=C\c2ccc(C(C)(C)C)cc2)c2ccccc2c1=O. The maximum absolute atomic E-state index is 12.6. The van der Waals surface area contributed by atoms with Crippen LogP contribution < -0.4 is 11.0 Å². The van der Waals surface area contributed by atoms with E-state index < -0.39 is 5.91 Å². The van der Waals surface area contributed by atoms with Crippen molar-refractivity contribution in [3.8, 4) is 0 Å². The van der Waals surface area contributed by atoms with Gasteiger partial charge < -0.3 is 0 Å². The summed E-state index contributed by atoms with van der Waals surface area (Å²) in [5, 5.41) is 9.22. The molecule has 1 amide bonds.